The van der Waals surface area contributed by atoms with Gasteiger partial charge in [0, 0.05) is 24.9 Å². The Labute approximate surface area is 458 Å². The number of fused-ring (bicyclic) bond motifs is 6. The van der Waals surface area contributed by atoms with Crippen molar-refractivity contribution in [1.29, 1.82) is 0 Å². The summed E-state index contributed by atoms with van der Waals surface area (Å²) in [4.78, 5) is 86.4. The Morgan fingerprint density at radius 3 is 1.22 bits per heavy atom. The predicted molar refractivity (Wildman–Crippen MR) is 296 cm³/mol. The molecule has 0 spiro atoms. The maximum atomic E-state index is 13.4. The third-order valence-corrected chi connectivity index (χ3v) is 13.0. The molecule has 0 aliphatic heterocycles. The standard InChI is InChI=1S/C34H47N3O7.C26H32N2O6/c1-6-7-8-20-29(31(39)42-5)36-30(38)28(19-13-14-21-35-32(40)44-34(2,3)4)37-33(41)43-22-27-25-17-11-9-15-23(25)24-16-10-12-18-26(24)27;1-26(2,3)34-24(31)27-15-9-8-14-22(23(29)30)28-25(32)33-16-21-19-12-6-4-10-17(19)18-11-5-7-13-20(18)21/h9-12,15-18,27-29H,6-8,13-14,19-22H2,1-5H3,(H,35,40)(H,36,38)(H,37,41);4-7,10-13,21-22H,8-9,14-16H2,1-3H3,(H,27,31)(H,28,32)(H,29,30)/t;22-/m.0/s1. The minimum absolute atomic E-state index is 0.0969. The van der Waals surface area contributed by atoms with Crippen LogP contribution in [0.5, 0.6) is 0 Å². The van der Waals surface area contributed by atoms with Crippen LogP contribution >= 0.6 is 0 Å². The van der Waals surface area contributed by atoms with Crippen LogP contribution in [-0.4, -0.2) is 110 Å². The summed E-state index contributed by atoms with van der Waals surface area (Å²) in [7, 11) is 1.28. The van der Waals surface area contributed by atoms with Crippen LogP contribution in [0.3, 0.4) is 0 Å². The zero-order chi connectivity index (χ0) is 56.8. The average molecular weight is 1080 g/mol. The Morgan fingerprint density at radius 1 is 0.487 bits per heavy atom. The third-order valence-electron chi connectivity index (χ3n) is 13.0. The summed E-state index contributed by atoms with van der Waals surface area (Å²) in [6.07, 6.45) is 3.14. The van der Waals surface area contributed by atoms with E-state index in [1.807, 2.05) is 84.9 Å². The lowest BCUT2D eigenvalue weighted by molar-refractivity contribution is -0.145. The highest BCUT2D eigenvalue weighted by Gasteiger charge is 2.33. The molecule has 4 aromatic rings. The van der Waals surface area contributed by atoms with E-state index in [0.29, 0.717) is 45.2 Å². The van der Waals surface area contributed by atoms with Crippen molar-refractivity contribution < 1.29 is 62.4 Å². The molecule has 0 heterocycles. The molecule has 6 rings (SSSR count). The van der Waals surface area contributed by atoms with Crippen molar-refractivity contribution in [2.45, 2.75) is 154 Å². The molecule has 5 amide bonds. The summed E-state index contributed by atoms with van der Waals surface area (Å²) in [6.45, 7) is 13.7. The number of benzene rings is 4. The van der Waals surface area contributed by atoms with Crippen molar-refractivity contribution >= 4 is 42.2 Å². The number of rotatable bonds is 24. The smallest absolute Gasteiger partial charge is 0.407 e. The molecule has 2 aliphatic rings. The molecule has 4 aromatic carbocycles. The average Bonchev–Trinajstić information content (AvgIpc) is 3.98. The van der Waals surface area contributed by atoms with Gasteiger partial charge in [0.15, 0.2) is 0 Å². The Kier molecular flexibility index (Phi) is 23.4. The fourth-order valence-corrected chi connectivity index (χ4v) is 9.31. The van der Waals surface area contributed by atoms with Crippen molar-refractivity contribution in [2.24, 2.45) is 0 Å². The summed E-state index contributed by atoms with van der Waals surface area (Å²) in [5, 5.41) is 22.7. The molecule has 422 valence electrons. The molecule has 2 aliphatic carbocycles. The molecule has 0 bridgehead atoms. The zero-order valence-electron chi connectivity index (χ0n) is 46.4. The first kappa shape index (κ1) is 61.2. The number of ether oxygens (including phenoxy) is 5. The van der Waals surface area contributed by atoms with Crippen molar-refractivity contribution in [3.8, 4) is 22.3 Å². The lowest BCUT2D eigenvalue weighted by Gasteiger charge is -2.23. The number of carboxylic acid groups (broad SMARTS) is 1. The van der Waals surface area contributed by atoms with Crippen LogP contribution in [0.2, 0.25) is 0 Å². The number of carboxylic acids is 1. The first-order valence-corrected chi connectivity index (χ1v) is 27.0. The van der Waals surface area contributed by atoms with Crippen molar-refractivity contribution in [3.63, 3.8) is 0 Å². The predicted octanol–water partition coefficient (Wildman–Crippen LogP) is 10.5. The van der Waals surface area contributed by atoms with Crippen molar-refractivity contribution in [1.82, 2.24) is 26.6 Å². The van der Waals surface area contributed by atoms with Crippen LogP contribution < -0.4 is 26.6 Å². The van der Waals surface area contributed by atoms with Gasteiger partial charge in [0.25, 0.3) is 0 Å². The van der Waals surface area contributed by atoms with Crippen LogP contribution in [0, 0.1) is 0 Å². The van der Waals surface area contributed by atoms with Gasteiger partial charge in [-0.05, 0) is 131 Å². The van der Waals surface area contributed by atoms with E-state index < -0.39 is 71.5 Å². The Balaban J connectivity index is 0.000000297. The monoisotopic (exact) mass is 1080 g/mol. The van der Waals surface area contributed by atoms with Gasteiger partial charge in [0.2, 0.25) is 5.91 Å². The van der Waals surface area contributed by atoms with E-state index in [2.05, 4.69) is 45.6 Å². The topological polar surface area (TPSA) is 246 Å². The maximum absolute atomic E-state index is 13.4. The molecule has 3 atom stereocenters. The van der Waals surface area contributed by atoms with Crippen molar-refractivity contribution in [3.05, 3.63) is 119 Å². The number of nitrogens with one attached hydrogen (secondary N) is 5. The molecule has 78 heavy (non-hydrogen) atoms. The highest BCUT2D eigenvalue weighted by molar-refractivity contribution is 5.90. The molecule has 0 fully saturated rings. The van der Waals surface area contributed by atoms with E-state index in [4.69, 9.17) is 23.7 Å². The Bertz CT molecular complexity index is 2570. The fraction of sp³-hybridized carbons (Fsp3) is 0.483. The van der Waals surface area contributed by atoms with Gasteiger partial charge in [-0.2, -0.15) is 0 Å². The summed E-state index contributed by atoms with van der Waals surface area (Å²) < 4.78 is 26.4. The Morgan fingerprint density at radius 2 is 0.846 bits per heavy atom. The highest BCUT2D eigenvalue weighted by atomic mass is 16.6. The second-order valence-corrected chi connectivity index (χ2v) is 21.3. The zero-order valence-corrected chi connectivity index (χ0v) is 46.4. The number of aliphatic carboxylic acids is 1. The lowest BCUT2D eigenvalue weighted by atomic mass is 9.98. The lowest BCUT2D eigenvalue weighted by Crippen LogP contribution is -2.52. The first-order chi connectivity index (χ1) is 37.2. The molecule has 0 aromatic heterocycles. The molecule has 18 heteroatoms. The molecule has 18 nitrogen and oxygen atoms in total. The van der Waals surface area contributed by atoms with Gasteiger partial charge in [-0.15, -0.1) is 0 Å². The normalized spacial score (nSPS) is 13.5. The summed E-state index contributed by atoms with van der Waals surface area (Å²) >= 11 is 0. The van der Waals surface area contributed by atoms with Crippen LogP contribution in [0.15, 0.2) is 97.1 Å². The summed E-state index contributed by atoms with van der Waals surface area (Å²) in [5.74, 6) is -2.38. The molecule has 2 unspecified atom stereocenters. The maximum Gasteiger partial charge on any atom is 0.407 e. The van der Waals surface area contributed by atoms with Gasteiger partial charge in [-0.3, -0.25) is 4.79 Å². The van der Waals surface area contributed by atoms with Crippen molar-refractivity contribution in [2.75, 3.05) is 33.4 Å². The second kappa shape index (κ2) is 29.8. The number of carbonyl (C=O) groups excluding carboxylic acids is 6. The number of hydrogen-bond acceptors (Lipinski definition) is 12. The molecular weight excluding hydrogens is 999 g/mol. The van der Waals surface area contributed by atoms with Gasteiger partial charge in [0.1, 0.15) is 42.5 Å². The van der Waals surface area contributed by atoms with Crippen LogP contribution in [0.1, 0.15) is 147 Å². The van der Waals surface area contributed by atoms with E-state index in [0.717, 1.165) is 63.8 Å². The number of amides is 5. The van der Waals surface area contributed by atoms with Gasteiger partial charge >= 0.3 is 36.3 Å². The highest BCUT2D eigenvalue weighted by Crippen LogP contribution is 2.45. The minimum Gasteiger partial charge on any atom is -0.480 e. The summed E-state index contributed by atoms with van der Waals surface area (Å²) in [5.41, 5.74) is 7.64. The largest absolute Gasteiger partial charge is 0.480 e. The van der Waals surface area contributed by atoms with E-state index in [-0.39, 0.29) is 37.9 Å². The molecular formula is C60H79N5O13. The first-order valence-electron chi connectivity index (χ1n) is 27.0. The van der Waals surface area contributed by atoms with E-state index >= 15 is 0 Å². The van der Waals surface area contributed by atoms with Crippen LogP contribution in [-0.2, 0) is 38.1 Å². The number of carbonyl (C=O) groups is 7. The van der Waals surface area contributed by atoms with Crippen LogP contribution in [0.25, 0.3) is 22.3 Å². The quantitative estimate of drug-likeness (QED) is 0.0217. The SMILES string of the molecule is CC(C)(C)OC(=O)NCCCC[C@H](NC(=O)OCC1c2ccccc2-c2ccccc21)C(=O)O.CCCCCC(NC(=O)C(CCCCNC(=O)OC(C)(C)C)NC(=O)OCC1c2ccccc2-c2ccccc21)C(=O)OC. The number of unbranched alkanes of at least 4 members (excludes halogenated alkanes) is 4. The van der Waals surface area contributed by atoms with Gasteiger partial charge in [0.05, 0.1) is 7.11 Å². The number of alkyl carbamates (subject to hydrolysis) is 4. The molecule has 0 radical (unpaired) electrons. The van der Waals surface area contributed by atoms with E-state index in [1.54, 1.807) is 41.5 Å². The van der Waals surface area contributed by atoms with Gasteiger partial charge in [-0.25, -0.2) is 28.8 Å². The van der Waals surface area contributed by atoms with E-state index in [1.165, 1.54) is 7.11 Å². The third kappa shape index (κ3) is 19.1. The number of esters is 1. The van der Waals surface area contributed by atoms with Gasteiger partial charge < -0.3 is 55.4 Å². The second-order valence-electron chi connectivity index (χ2n) is 21.3. The fourth-order valence-electron chi connectivity index (χ4n) is 9.31. The number of methoxy groups -OCH3 is 1. The number of hydrogen-bond donors (Lipinski definition) is 6. The van der Waals surface area contributed by atoms with Crippen LogP contribution in [0.4, 0.5) is 19.2 Å². The molecule has 0 saturated carbocycles. The van der Waals surface area contributed by atoms with E-state index in [9.17, 15) is 38.7 Å². The van der Waals surface area contributed by atoms with Gasteiger partial charge in [-0.1, -0.05) is 123 Å². The summed E-state index contributed by atoms with van der Waals surface area (Å²) in [6, 6.07) is 29.3. The minimum atomic E-state index is -1.13. The molecule has 0 saturated heterocycles. The Hall–Kier alpha value is -7.63. The molecule has 6 N–H and O–H groups in total.